The van der Waals surface area contributed by atoms with E-state index in [1.165, 1.54) is 12.8 Å². The van der Waals surface area contributed by atoms with Gasteiger partial charge in [-0.05, 0) is 44.2 Å². The molecule has 4 N–H and O–H groups in total. The van der Waals surface area contributed by atoms with Crippen LogP contribution in [0.3, 0.4) is 0 Å². The van der Waals surface area contributed by atoms with Crippen LogP contribution in [0.2, 0.25) is 0 Å². The van der Waals surface area contributed by atoms with Gasteiger partial charge in [-0.2, -0.15) is 0 Å². The highest BCUT2D eigenvalue weighted by atomic mass is 14.5. The maximum atomic E-state index is 5.28. The monoisotopic (exact) mass is 188 g/mol. The van der Waals surface area contributed by atoms with Crippen LogP contribution in [0.5, 0.6) is 0 Å². The maximum absolute atomic E-state index is 5.28. The summed E-state index contributed by atoms with van der Waals surface area (Å²) in [7, 11) is 0. The molecule has 0 heterocycles. The summed E-state index contributed by atoms with van der Waals surface area (Å²) in [5, 5.41) is 0. The molecule has 0 saturated carbocycles. The molecule has 0 unspecified atom stereocenters. The van der Waals surface area contributed by atoms with Crippen LogP contribution in [0.4, 0.5) is 0 Å². The molecule has 0 atom stereocenters. The molecule has 0 radical (unpaired) electrons. The second-order valence-corrected chi connectivity index (χ2v) is 4.30. The fourth-order valence-corrected chi connectivity index (χ4v) is 0.859. The standard InChI is InChI=1S/C6H15N.C5H13N/c1-6(2)4-3-5-7;1-5(2)3-4-6/h6H,3-5,7H2,1-2H3;5H,3-4,6H2,1-2H3. The SMILES string of the molecule is CC(C)CCCN.CC(C)CCN. The van der Waals surface area contributed by atoms with Gasteiger partial charge in [-0.15, -0.1) is 0 Å². The van der Waals surface area contributed by atoms with Crippen molar-refractivity contribution in [2.45, 2.75) is 47.0 Å². The molecule has 0 aromatic carbocycles. The van der Waals surface area contributed by atoms with Crippen molar-refractivity contribution in [3.63, 3.8) is 0 Å². The van der Waals surface area contributed by atoms with Crippen molar-refractivity contribution >= 4 is 0 Å². The molecule has 2 nitrogen and oxygen atoms in total. The van der Waals surface area contributed by atoms with E-state index in [4.69, 9.17) is 11.5 Å². The quantitative estimate of drug-likeness (QED) is 0.696. The average Bonchev–Trinajstić information content (AvgIpc) is 2.01. The van der Waals surface area contributed by atoms with E-state index in [9.17, 15) is 0 Å². The zero-order chi connectivity index (χ0) is 10.7. The lowest BCUT2D eigenvalue weighted by atomic mass is 10.1. The Bertz CT molecular complexity index is 80.2. The lowest BCUT2D eigenvalue weighted by Crippen LogP contribution is -2.01. The molecule has 0 bridgehead atoms. The summed E-state index contributed by atoms with van der Waals surface area (Å²) >= 11 is 0. The van der Waals surface area contributed by atoms with Crippen LogP contribution in [-0.2, 0) is 0 Å². The van der Waals surface area contributed by atoms with Crippen LogP contribution in [0.15, 0.2) is 0 Å². The molecular formula is C11H28N2. The Kier molecular flexibility index (Phi) is 14.1. The van der Waals surface area contributed by atoms with Gasteiger partial charge in [0.25, 0.3) is 0 Å². The average molecular weight is 188 g/mol. The van der Waals surface area contributed by atoms with Crippen LogP contribution in [0, 0.1) is 11.8 Å². The maximum Gasteiger partial charge on any atom is -0.00748 e. The van der Waals surface area contributed by atoms with E-state index in [-0.39, 0.29) is 0 Å². The molecule has 13 heavy (non-hydrogen) atoms. The van der Waals surface area contributed by atoms with Crippen molar-refractivity contribution in [2.24, 2.45) is 23.3 Å². The largest absolute Gasteiger partial charge is 0.330 e. The Morgan fingerprint density at radius 3 is 1.31 bits per heavy atom. The van der Waals surface area contributed by atoms with Crippen LogP contribution < -0.4 is 11.5 Å². The van der Waals surface area contributed by atoms with Crippen molar-refractivity contribution in [2.75, 3.05) is 13.1 Å². The topological polar surface area (TPSA) is 52.0 Å². The van der Waals surface area contributed by atoms with E-state index < -0.39 is 0 Å². The Morgan fingerprint density at radius 2 is 1.23 bits per heavy atom. The predicted molar refractivity (Wildman–Crippen MR) is 61.6 cm³/mol. The molecule has 0 fully saturated rings. The first-order valence-electron chi connectivity index (χ1n) is 5.44. The third kappa shape index (κ3) is 24.5. The van der Waals surface area contributed by atoms with E-state index in [0.29, 0.717) is 0 Å². The van der Waals surface area contributed by atoms with Gasteiger partial charge in [-0.25, -0.2) is 0 Å². The molecule has 0 aliphatic heterocycles. The fraction of sp³-hybridized carbons (Fsp3) is 1.00. The first kappa shape index (κ1) is 15.4. The van der Waals surface area contributed by atoms with E-state index in [1.807, 2.05) is 0 Å². The van der Waals surface area contributed by atoms with Crippen molar-refractivity contribution in [3.8, 4) is 0 Å². The van der Waals surface area contributed by atoms with Gasteiger partial charge >= 0.3 is 0 Å². The first-order chi connectivity index (χ1) is 6.04. The summed E-state index contributed by atoms with van der Waals surface area (Å²) in [5.74, 6) is 1.60. The minimum Gasteiger partial charge on any atom is -0.330 e. The zero-order valence-electron chi connectivity index (χ0n) is 9.84. The molecule has 2 heteroatoms. The second-order valence-electron chi connectivity index (χ2n) is 4.30. The molecule has 0 amide bonds. The fourth-order valence-electron chi connectivity index (χ4n) is 0.859. The second kappa shape index (κ2) is 11.9. The van der Waals surface area contributed by atoms with Gasteiger partial charge in [-0.3, -0.25) is 0 Å². The summed E-state index contributed by atoms with van der Waals surface area (Å²) in [5.41, 5.74) is 10.5. The lowest BCUT2D eigenvalue weighted by Gasteiger charge is -1.98. The van der Waals surface area contributed by atoms with Crippen molar-refractivity contribution in [1.29, 1.82) is 0 Å². The summed E-state index contributed by atoms with van der Waals surface area (Å²) in [6, 6.07) is 0. The molecule has 0 saturated heterocycles. The smallest absolute Gasteiger partial charge is 0.00748 e. The summed E-state index contributed by atoms with van der Waals surface area (Å²) < 4.78 is 0. The Morgan fingerprint density at radius 1 is 0.769 bits per heavy atom. The van der Waals surface area contributed by atoms with E-state index in [0.717, 1.165) is 31.3 Å². The van der Waals surface area contributed by atoms with Crippen molar-refractivity contribution in [1.82, 2.24) is 0 Å². The van der Waals surface area contributed by atoms with Gasteiger partial charge in [0.2, 0.25) is 0 Å². The Hall–Kier alpha value is -0.0800. The van der Waals surface area contributed by atoms with Crippen LogP contribution >= 0.6 is 0 Å². The highest BCUT2D eigenvalue weighted by Gasteiger charge is 1.88. The van der Waals surface area contributed by atoms with Crippen LogP contribution in [-0.4, -0.2) is 13.1 Å². The van der Waals surface area contributed by atoms with E-state index >= 15 is 0 Å². The third-order valence-corrected chi connectivity index (χ3v) is 1.73. The van der Waals surface area contributed by atoms with Crippen LogP contribution in [0.25, 0.3) is 0 Å². The minimum atomic E-state index is 0.773. The van der Waals surface area contributed by atoms with Gasteiger partial charge in [0.15, 0.2) is 0 Å². The minimum absolute atomic E-state index is 0.773. The molecule has 0 rings (SSSR count). The predicted octanol–water partition coefficient (Wildman–Crippen LogP) is 2.37. The Balaban J connectivity index is 0. The molecule has 82 valence electrons. The van der Waals surface area contributed by atoms with Gasteiger partial charge in [0, 0.05) is 0 Å². The normalized spacial score (nSPS) is 10.2. The first-order valence-corrected chi connectivity index (χ1v) is 5.44. The third-order valence-electron chi connectivity index (χ3n) is 1.73. The molecule has 0 spiro atoms. The molecule has 0 aromatic heterocycles. The van der Waals surface area contributed by atoms with Gasteiger partial charge in [-0.1, -0.05) is 27.7 Å². The number of hydrogen-bond donors (Lipinski definition) is 2. The molecular weight excluding hydrogens is 160 g/mol. The van der Waals surface area contributed by atoms with E-state index in [1.54, 1.807) is 0 Å². The van der Waals surface area contributed by atoms with Crippen molar-refractivity contribution < 1.29 is 0 Å². The molecule has 0 aliphatic carbocycles. The van der Waals surface area contributed by atoms with Crippen molar-refractivity contribution in [3.05, 3.63) is 0 Å². The van der Waals surface area contributed by atoms with Gasteiger partial charge < -0.3 is 11.5 Å². The summed E-state index contributed by atoms with van der Waals surface area (Å²) in [6.45, 7) is 10.5. The number of hydrogen-bond acceptors (Lipinski definition) is 2. The van der Waals surface area contributed by atoms with Crippen LogP contribution in [0.1, 0.15) is 47.0 Å². The highest BCUT2D eigenvalue weighted by Crippen LogP contribution is 2.00. The summed E-state index contributed by atoms with van der Waals surface area (Å²) in [4.78, 5) is 0. The molecule has 0 aliphatic rings. The Labute approximate surface area is 84.1 Å². The summed E-state index contributed by atoms with van der Waals surface area (Å²) in [6.07, 6.45) is 3.61. The lowest BCUT2D eigenvalue weighted by molar-refractivity contribution is 0.561. The number of rotatable bonds is 5. The van der Waals surface area contributed by atoms with Gasteiger partial charge in [0.05, 0.1) is 0 Å². The number of nitrogens with two attached hydrogens (primary N) is 2. The zero-order valence-corrected chi connectivity index (χ0v) is 9.84. The van der Waals surface area contributed by atoms with E-state index in [2.05, 4.69) is 27.7 Å². The highest BCUT2D eigenvalue weighted by molar-refractivity contribution is 4.44. The molecule has 0 aromatic rings. The van der Waals surface area contributed by atoms with Gasteiger partial charge in [0.1, 0.15) is 0 Å².